The fourth-order valence-electron chi connectivity index (χ4n) is 3.75. The van der Waals surface area contributed by atoms with Gasteiger partial charge in [-0.1, -0.05) is 36.4 Å². The van der Waals surface area contributed by atoms with E-state index in [1.165, 1.54) is 0 Å². The molecule has 8 heteroatoms. The summed E-state index contributed by atoms with van der Waals surface area (Å²) >= 11 is 0.194. The van der Waals surface area contributed by atoms with E-state index in [9.17, 15) is 0 Å². The second kappa shape index (κ2) is 15.1. The molecule has 0 aliphatic rings. The molecule has 204 valence electrons. The number of para-hydroxylation sites is 2. The van der Waals surface area contributed by atoms with Crippen LogP contribution in [0.15, 0.2) is 131 Å². The van der Waals surface area contributed by atoms with Crippen molar-refractivity contribution in [2.24, 2.45) is 9.98 Å². The van der Waals surface area contributed by atoms with Crippen LogP contribution in [0.3, 0.4) is 0 Å². The summed E-state index contributed by atoms with van der Waals surface area (Å²) in [6.45, 7) is 3.98. The summed E-state index contributed by atoms with van der Waals surface area (Å²) < 4.78 is 11.7. The Bertz CT molecular complexity index is 1420. The molecule has 5 rings (SSSR count). The van der Waals surface area contributed by atoms with Gasteiger partial charge in [-0.25, -0.2) is 0 Å². The Kier molecular flexibility index (Phi) is 11.0. The van der Waals surface area contributed by atoms with Crippen molar-refractivity contribution in [3.8, 4) is 23.0 Å². The van der Waals surface area contributed by atoms with Crippen molar-refractivity contribution in [1.82, 2.24) is 4.98 Å². The van der Waals surface area contributed by atoms with Gasteiger partial charge in [-0.15, -0.1) is 0 Å². The van der Waals surface area contributed by atoms with Crippen LogP contribution in [0.25, 0.3) is 0 Å². The number of ether oxygens (including phenoxy) is 2. The fourth-order valence-corrected chi connectivity index (χ4v) is 3.75. The Morgan fingerprint density at radius 3 is 1.20 bits per heavy atom. The van der Waals surface area contributed by atoms with Gasteiger partial charge in [-0.2, -0.15) is 0 Å². The van der Waals surface area contributed by atoms with Crippen LogP contribution >= 0.6 is 20.2 Å². The summed E-state index contributed by atoms with van der Waals surface area (Å²) in [6.07, 6.45) is 0. The Morgan fingerprint density at radius 2 is 0.850 bits per heavy atom. The normalized spacial score (nSPS) is 11.5. The van der Waals surface area contributed by atoms with Crippen LogP contribution < -0.4 is 9.47 Å². The second-order valence-corrected chi connectivity index (χ2v) is 10.4. The molecule has 1 heterocycles. The number of hydrogen-bond acceptors (Lipinski definition) is 4. The van der Waals surface area contributed by atoms with Crippen molar-refractivity contribution in [3.05, 3.63) is 133 Å². The van der Waals surface area contributed by atoms with Gasteiger partial charge in [0.15, 0.2) is 0 Å². The molecule has 0 bridgehead atoms. The molecule has 0 aliphatic heterocycles. The zero-order chi connectivity index (χ0) is 28.2. The zero-order valence-corrected chi connectivity index (χ0v) is 24.5. The molecular weight excluding hydrogens is 585 g/mol. The number of aromatic amines is 1. The average Bonchev–Trinajstić information content (AvgIpc) is 3.48. The summed E-state index contributed by atoms with van der Waals surface area (Å²) in [6, 6.07) is 39.0. The third-order valence-electron chi connectivity index (χ3n) is 5.69. The molecule has 0 atom stereocenters. The van der Waals surface area contributed by atoms with E-state index < -0.39 is 0 Å². The van der Waals surface area contributed by atoms with Gasteiger partial charge in [-0.3, -0.25) is 9.98 Å². The number of nitrogens with zero attached hydrogens (tertiary/aromatic N) is 2. The van der Waals surface area contributed by atoms with Crippen LogP contribution in [0.5, 0.6) is 23.0 Å². The molecule has 0 saturated carbocycles. The molecule has 0 aliphatic carbocycles. The van der Waals surface area contributed by atoms with E-state index >= 15 is 0 Å². The van der Waals surface area contributed by atoms with E-state index in [0.29, 0.717) is 0 Å². The van der Waals surface area contributed by atoms with Crippen LogP contribution in [0.1, 0.15) is 25.2 Å². The number of nitrogens with one attached hydrogen (secondary N) is 1. The summed E-state index contributed by atoms with van der Waals surface area (Å²) in [5.74, 6) is 3.16. The van der Waals surface area contributed by atoms with Gasteiger partial charge >= 0.3 is 33.3 Å². The number of hydrogen-bond donors (Lipinski definition) is 1. The van der Waals surface area contributed by atoms with Crippen LogP contribution in [-0.4, -0.2) is 16.4 Å². The average molecular weight is 612 g/mol. The van der Waals surface area contributed by atoms with Crippen LogP contribution in [0, 0.1) is 0 Å². The third-order valence-corrected chi connectivity index (χ3v) is 5.69. The van der Waals surface area contributed by atoms with E-state index in [-0.39, 0.29) is 13.1 Å². The first-order chi connectivity index (χ1) is 19.5. The minimum absolute atomic E-state index is 0.194. The molecule has 40 heavy (non-hydrogen) atoms. The van der Waals surface area contributed by atoms with Gasteiger partial charge in [0.25, 0.3) is 0 Å². The van der Waals surface area contributed by atoms with Crippen LogP contribution in [0.2, 0.25) is 0 Å². The molecule has 5 aromatic rings. The molecule has 0 amide bonds. The molecule has 1 aromatic heterocycles. The van der Waals surface area contributed by atoms with Crippen molar-refractivity contribution in [2.75, 3.05) is 0 Å². The van der Waals surface area contributed by atoms with Crippen molar-refractivity contribution in [1.29, 1.82) is 0 Å². The summed E-state index contributed by atoms with van der Waals surface area (Å²) in [5, 5.41) is 0. The van der Waals surface area contributed by atoms with Crippen molar-refractivity contribution < 1.29 is 22.6 Å². The van der Waals surface area contributed by atoms with E-state index in [4.69, 9.17) is 39.7 Å². The van der Waals surface area contributed by atoms with E-state index in [2.05, 4.69) is 4.98 Å². The minimum atomic E-state index is 0.194. The fraction of sp³-hybridized carbons (Fsp3) is 0.0625. The molecule has 0 saturated heterocycles. The number of halogens is 2. The molecular formula is C32H27Cl2FeN3O2. The van der Waals surface area contributed by atoms with Gasteiger partial charge in [-0.05, 0) is 98.8 Å². The molecule has 1 N–H and O–H groups in total. The first kappa shape index (κ1) is 29.2. The predicted octanol–water partition coefficient (Wildman–Crippen LogP) is 10.3. The Hall–Kier alpha value is -3.80. The first-order valence-corrected chi connectivity index (χ1v) is 15.4. The standard InChI is InChI=1S/C32H27N3O2.2ClH.Fe/c1-23(33-25-13-17-29(18-14-25)36-27-9-5-3-6-10-27)31-21-22-32(35-31)24(2)34-26-15-19-30(20-16-26)37-28-11-7-4-8-12-28;;;/h3-22,35H,1-2H3;2*1H;/q;;;+2/p-2. The SMILES string of the molecule is CC(=Nc1ccc(Oc2ccccc2)cc1)c1ccc(C(C)=Nc2ccc(Oc3ccccc3)cc2)[nH]1.[Cl][Fe][Cl]. The topological polar surface area (TPSA) is 59.0 Å². The Balaban J connectivity index is 0.00000118. The van der Waals surface area contributed by atoms with Gasteiger partial charge in [0, 0.05) is 0 Å². The number of aliphatic imine (C=N–C) groups is 2. The summed E-state index contributed by atoms with van der Waals surface area (Å²) in [5.41, 5.74) is 5.38. The Morgan fingerprint density at radius 1 is 0.525 bits per heavy atom. The third kappa shape index (κ3) is 8.87. The van der Waals surface area contributed by atoms with Crippen molar-refractivity contribution >= 4 is 43.0 Å². The maximum absolute atomic E-state index is 5.86. The zero-order valence-electron chi connectivity index (χ0n) is 21.9. The Labute approximate surface area is 249 Å². The first-order valence-electron chi connectivity index (χ1n) is 12.4. The monoisotopic (exact) mass is 611 g/mol. The summed E-state index contributed by atoms with van der Waals surface area (Å²) in [4.78, 5) is 12.9. The van der Waals surface area contributed by atoms with Gasteiger partial charge in [0.1, 0.15) is 23.0 Å². The maximum atomic E-state index is 5.86. The molecule has 4 aromatic carbocycles. The predicted molar refractivity (Wildman–Crippen MR) is 162 cm³/mol. The molecule has 0 spiro atoms. The van der Waals surface area contributed by atoms with E-state index in [1.807, 2.05) is 135 Å². The van der Waals surface area contributed by atoms with Gasteiger partial charge < -0.3 is 14.5 Å². The number of rotatable bonds is 8. The number of benzene rings is 4. The number of aromatic nitrogens is 1. The van der Waals surface area contributed by atoms with E-state index in [1.54, 1.807) is 0 Å². The van der Waals surface area contributed by atoms with Gasteiger partial charge in [0.2, 0.25) is 0 Å². The molecule has 0 radical (unpaired) electrons. The molecule has 0 fully saturated rings. The molecule has 0 unspecified atom stereocenters. The van der Waals surface area contributed by atoms with E-state index in [0.717, 1.165) is 57.2 Å². The van der Waals surface area contributed by atoms with Crippen molar-refractivity contribution in [2.45, 2.75) is 13.8 Å². The van der Waals surface area contributed by atoms with Crippen LogP contribution in [-0.2, 0) is 13.1 Å². The quantitative estimate of drug-likeness (QED) is 0.140. The second-order valence-electron chi connectivity index (χ2n) is 8.55. The van der Waals surface area contributed by atoms with Crippen LogP contribution in [0.4, 0.5) is 11.4 Å². The van der Waals surface area contributed by atoms with Crippen molar-refractivity contribution in [3.63, 3.8) is 0 Å². The number of H-pyrrole nitrogens is 1. The molecule has 5 nitrogen and oxygen atoms in total. The summed E-state index contributed by atoms with van der Waals surface area (Å²) in [7, 11) is 9.53. The van der Waals surface area contributed by atoms with Gasteiger partial charge in [0.05, 0.1) is 34.2 Å².